The normalized spacial score (nSPS) is 15.3. The molecule has 0 bridgehead atoms. The Kier molecular flexibility index (Phi) is 3.41. The van der Waals surface area contributed by atoms with E-state index in [-0.39, 0.29) is 0 Å². The van der Waals surface area contributed by atoms with E-state index >= 15 is 0 Å². The van der Waals surface area contributed by atoms with Crippen LogP contribution in [-0.4, -0.2) is 11.0 Å². The van der Waals surface area contributed by atoms with Crippen LogP contribution in [0.4, 0.5) is 5.69 Å². The zero-order valence-corrected chi connectivity index (χ0v) is 11.9. The van der Waals surface area contributed by atoms with Crippen molar-refractivity contribution in [2.75, 3.05) is 5.32 Å². The molecule has 1 aliphatic carbocycles. The van der Waals surface area contributed by atoms with E-state index in [0.29, 0.717) is 6.04 Å². The molecular formula is C17H22N2. The van der Waals surface area contributed by atoms with Gasteiger partial charge in [0.1, 0.15) is 0 Å². The molecule has 0 saturated heterocycles. The lowest BCUT2D eigenvalue weighted by Crippen LogP contribution is -2.13. The number of aryl methyl sites for hydroxylation is 1. The minimum Gasteiger partial charge on any atom is -0.382 e. The zero-order chi connectivity index (χ0) is 13.2. The van der Waals surface area contributed by atoms with E-state index in [1.165, 1.54) is 48.0 Å². The first kappa shape index (κ1) is 12.5. The molecular weight excluding hydrogens is 232 g/mol. The van der Waals surface area contributed by atoms with Crippen LogP contribution in [0.15, 0.2) is 24.3 Å². The summed E-state index contributed by atoms with van der Waals surface area (Å²) in [5, 5.41) is 4.94. The van der Waals surface area contributed by atoms with E-state index in [1.807, 2.05) is 0 Å². The number of nitrogens with zero attached hydrogens (tertiary/aromatic N) is 1. The quantitative estimate of drug-likeness (QED) is 0.807. The van der Waals surface area contributed by atoms with Gasteiger partial charge in [0.05, 0.1) is 5.52 Å². The number of rotatable bonds is 2. The van der Waals surface area contributed by atoms with E-state index < -0.39 is 0 Å². The van der Waals surface area contributed by atoms with Gasteiger partial charge in [0.2, 0.25) is 0 Å². The highest BCUT2D eigenvalue weighted by atomic mass is 14.9. The molecule has 0 unspecified atom stereocenters. The van der Waals surface area contributed by atoms with Crippen LogP contribution in [0.3, 0.4) is 0 Å². The van der Waals surface area contributed by atoms with Gasteiger partial charge in [-0.3, -0.25) is 4.98 Å². The number of fused-ring (bicyclic) bond motifs is 2. The third kappa shape index (κ3) is 2.44. The lowest BCUT2D eigenvalue weighted by molar-refractivity contribution is 0.709. The lowest BCUT2D eigenvalue weighted by Gasteiger charge is -2.19. The summed E-state index contributed by atoms with van der Waals surface area (Å²) in [6, 6.07) is 8.97. The van der Waals surface area contributed by atoms with Crippen molar-refractivity contribution in [3.63, 3.8) is 0 Å². The van der Waals surface area contributed by atoms with E-state index in [4.69, 9.17) is 4.98 Å². The first-order chi connectivity index (χ1) is 9.25. The molecule has 2 nitrogen and oxygen atoms in total. The fraction of sp³-hybridized carbons (Fsp3) is 0.471. The Labute approximate surface area is 115 Å². The molecule has 2 aromatic rings. The Balaban J connectivity index is 2.23. The van der Waals surface area contributed by atoms with Crippen LogP contribution in [0.2, 0.25) is 0 Å². The van der Waals surface area contributed by atoms with Gasteiger partial charge in [0.25, 0.3) is 0 Å². The molecule has 0 saturated carbocycles. The summed E-state index contributed by atoms with van der Waals surface area (Å²) in [7, 11) is 0. The van der Waals surface area contributed by atoms with Crippen LogP contribution in [0.1, 0.15) is 44.4 Å². The van der Waals surface area contributed by atoms with E-state index in [9.17, 15) is 0 Å². The van der Waals surface area contributed by atoms with Crippen molar-refractivity contribution in [2.45, 2.75) is 52.0 Å². The van der Waals surface area contributed by atoms with Crippen LogP contribution < -0.4 is 5.32 Å². The highest BCUT2D eigenvalue weighted by Gasteiger charge is 2.17. The molecule has 0 amide bonds. The van der Waals surface area contributed by atoms with Crippen molar-refractivity contribution in [1.29, 1.82) is 0 Å². The fourth-order valence-electron chi connectivity index (χ4n) is 3.00. The highest BCUT2D eigenvalue weighted by Crippen LogP contribution is 2.33. The number of anilines is 1. The summed E-state index contributed by atoms with van der Waals surface area (Å²) in [4.78, 5) is 4.90. The van der Waals surface area contributed by atoms with Gasteiger partial charge in [-0.25, -0.2) is 0 Å². The molecule has 0 spiro atoms. The monoisotopic (exact) mass is 254 g/mol. The van der Waals surface area contributed by atoms with Gasteiger partial charge >= 0.3 is 0 Å². The Hall–Kier alpha value is -1.57. The van der Waals surface area contributed by atoms with Crippen molar-refractivity contribution in [3.05, 3.63) is 35.5 Å². The van der Waals surface area contributed by atoms with E-state index in [2.05, 4.69) is 43.4 Å². The number of pyridine rings is 1. The number of hydrogen-bond donors (Lipinski definition) is 1. The Bertz CT molecular complexity index is 587. The van der Waals surface area contributed by atoms with Gasteiger partial charge in [-0.1, -0.05) is 24.6 Å². The largest absolute Gasteiger partial charge is 0.382 e. The van der Waals surface area contributed by atoms with Crippen molar-refractivity contribution in [1.82, 2.24) is 4.98 Å². The Morgan fingerprint density at radius 2 is 1.84 bits per heavy atom. The molecule has 1 aromatic heterocycles. The molecule has 1 aliphatic rings. The van der Waals surface area contributed by atoms with Crippen molar-refractivity contribution < 1.29 is 0 Å². The van der Waals surface area contributed by atoms with Crippen molar-refractivity contribution >= 4 is 16.6 Å². The van der Waals surface area contributed by atoms with Crippen molar-refractivity contribution in [3.8, 4) is 0 Å². The second-order valence-corrected chi connectivity index (χ2v) is 5.79. The minimum atomic E-state index is 0.457. The molecule has 1 aromatic carbocycles. The number of aromatic nitrogens is 1. The van der Waals surface area contributed by atoms with E-state index in [0.717, 1.165) is 11.9 Å². The van der Waals surface area contributed by atoms with E-state index in [1.54, 1.807) is 0 Å². The maximum absolute atomic E-state index is 4.90. The molecule has 0 aliphatic heterocycles. The first-order valence-corrected chi connectivity index (χ1v) is 7.43. The molecule has 2 heteroatoms. The SMILES string of the molecule is CC(C)Nc1c2c(nc3ccccc13)CCCCC2. The van der Waals surface area contributed by atoms with Crippen LogP contribution in [0.25, 0.3) is 10.9 Å². The second kappa shape index (κ2) is 5.20. The van der Waals surface area contributed by atoms with Gasteiger partial charge in [0.15, 0.2) is 0 Å². The number of hydrogen-bond acceptors (Lipinski definition) is 2. The lowest BCUT2D eigenvalue weighted by atomic mass is 10.0. The number of benzene rings is 1. The van der Waals surface area contributed by atoms with Crippen LogP contribution in [0, 0.1) is 0 Å². The Morgan fingerprint density at radius 3 is 2.68 bits per heavy atom. The molecule has 3 rings (SSSR count). The first-order valence-electron chi connectivity index (χ1n) is 7.43. The van der Waals surface area contributed by atoms with Crippen LogP contribution in [-0.2, 0) is 12.8 Å². The summed E-state index contributed by atoms with van der Waals surface area (Å²) in [6.45, 7) is 4.41. The topological polar surface area (TPSA) is 24.9 Å². The maximum atomic E-state index is 4.90. The molecule has 100 valence electrons. The third-order valence-corrected chi connectivity index (χ3v) is 3.85. The van der Waals surface area contributed by atoms with Crippen LogP contribution in [0.5, 0.6) is 0 Å². The minimum absolute atomic E-state index is 0.457. The predicted molar refractivity (Wildman–Crippen MR) is 81.8 cm³/mol. The van der Waals surface area contributed by atoms with Gasteiger partial charge in [-0.15, -0.1) is 0 Å². The van der Waals surface area contributed by atoms with Gasteiger partial charge < -0.3 is 5.32 Å². The molecule has 1 heterocycles. The van der Waals surface area contributed by atoms with Crippen molar-refractivity contribution in [2.24, 2.45) is 0 Å². The van der Waals surface area contributed by atoms with Gasteiger partial charge in [-0.05, 0) is 51.2 Å². The Morgan fingerprint density at radius 1 is 1.05 bits per heavy atom. The maximum Gasteiger partial charge on any atom is 0.0726 e. The van der Waals surface area contributed by atoms with Gasteiger partial charge in [-0.2, -0.15) is 0 Å². The smallest absolute Gasteiger partial charge is 0.0726 e. The molecule has 0 fully saturated rings. The molecule has 19 heavy (non-hydrogen) atoms. The summed E-state index contributed by atoms with van der Waals surface area (Å²) >= 11 is 0. The summed E-state index contributed by atoms with van der Waals surface area (Å²) in [6.07, 6.45) is 6.20. The van der Waals surface area contributed by atoms with Gasteiger partial charge in [0, 0.05) is 22.8 Å². The summed E-state index contributed by atoms with van der Waals surface area (Å²) in [5.41, 5.74) is 5.24. The molecule has 0 atom stereocenters. The fourth-order valence-corrected chi connectivity index (χ4v) is 3.00. The second-order valence-electron chi connectivity index (χ2n) is 5.79. The van der Waals surface area contributed by atoms with Crippen LogP contribution >= 0.6 is 0 Å². The zero-order valence-electron chi connectivity index (χ0n) is 11.9. The average molecular weight is 254 g/mol. The molecule has 0 radical (unpaired) electrons. The molecule has 1 N–H and O–H groups in total. The average Bonchev–Trinajstić information content (AvgIpc) is 2.63. The highest BCUT2D eigenvalue weighted by molar-refractivity contribution is 5.93. The predicted octanol–water partition coefficient (Wildman–Crippen LogP) is 4.32. The summed E-state index contributed by atoms with van der Waals surface area (Å²) in [5.74, 6) is 0. The summed E-state index contributed by atoms with van der Waals surface area (Å²) < 4.78 is 0. The number of nitrogens with one attached hydrogen (secondary N) is 1. The third-order valence-electron chi connectivity index (χ3n) is 3.85. The number of para-hydroxylation sites is 1. The standard InChI is InChI=1S/C17H22N2/c1-12(2)18-17-13-8-4-3-5-10-15(13)19-16-11-7-6-9-14(16)17/h6-7,9,11-12H,3-5,8,10H2,1-2H3,(H,18,19).